The summed E-state index contributed by atoms with van der Waals surface area (Å²) in [5.74, 6) is -0.189. The molecule has 6 heteroatoms. The molecular weight excluding hydrogens is 281 g/mol. The van der Waals surface area contributed by atoms with Gasteiger partial charge in [0.25, 0.3) is 0 Å². The zero-order valence-corrected chi connectivity index (χ0v) is 12.1. The van der Waals surface area contributed by atoms with Crippen molar-refractivity contribution in [3.8, 4) is 0 Å². The number of aliphatic hydroxyl groups excluding tert-OH is 1. The van der Waals surface area contributed by atoms with Crippen LogP contribution >= 0.6 is 0 Å². The number of sulfonamides is 1. The van der Waals surface area contributed by atoms with Gasteiger partial charge in [0.15, 0.2) is 0 Å². The van der Waals surface area contributed by atoms with E-state index in [4.69, 9.17) is 0 Å². The van der Waals surface area contributed by atoms with Gasteiger partial charge in [-0.05, 0) is 25.0 Å². The average molecular weight is 301 g/mol. The van der Waals surface area contributed by atoms with Gasteiger partial charge in [-0.25, -0.2) is 17.1 Å². The number of rotatable bonds is 3. The van der Waals surface area contributed by atoms with Gasteiger partial charge in [-0.2, -0.15) is 0 Å². The number of piperidine rings is 1. The summed E-state index contributed by atoms with van der Waals surface area (Å²) in [5, 5.41) is 9.18. The van der Waals surface area contributed by atoms with E-state index in [9.17, 15) is 17.9 Å². The average Bonchev–Trinajstić information content (AvgIpc) is 2.41. The van der Waals surface area contributed by atoms with Crippen molar-refractivity contribution in [3.63, 3.8) is 0 Å². The monoisotopic (exact) mass is 301 g/mol. The highest BCUT2D eigenvalue weighted by Gasteiger charge is 2.25. The van der Waals surface area contributed by atoms with Crippen molar-refractivity contribution in [2.24, 2.45) is 0 Å². The summed E-state index contributed by atoms with van der Waals surface area (Å²) in [7, 11) is -3.15. The fourth-order valence-corrected chi connectivity index (χ4v) is 3.07. The molecule has 0 saturated carbocycles. The number of aliphatic hydroxyl groups is 1. The van der Waals surface area contributed by atoms with Gasteiger partial charge in [0.05, 0.1) is 11.9 Å². The van der Waals surface area contributed by atoms with Crippen LogP contribution in [0.4, 0.5) is 4.39 Å². The number of benzene rings is 1. The summed E-state index contributed by atoms with van der Waals surface area (Å²) < 4.78 is 36.3. The lowest BCUT2D eigenvalue weighted by atomic mass is 10.1. The number of hydrogen-bond donors (Lipinski definition) is 1. The SMILES string of the molecule is C=CCS(=O)(=O)N1CCC(O)CC1.Fc1ccccc1. The first-order valence-electron chi connectivity index (χ1n) is 6.43. The molecule has 112 valence electrons. The van der Waals surface area contributed by atoms with Crippen LogP contribution in [0.3, 0.4) is 0 Å². The summed E-state index contributed by atoms with van der Waals surface area (Å²) in [6.07, 6.45) is 2.13. The first kappa shape index (κ1) is 16.8. The standard InChI is InChI=1S/C8H15NO3S.C6H5F/c1-2-7-13(11,12)9-5-3-8(10)4-6-9;7-6-4-2-1-3-5-6/h2,8,10H,1,3-7H2;1-5H. The Bertz CT molecular complexity index is 496. The lowest BCUT2D eigenvalue weighted by Crippen LogP contribution is -2.40. The molecule has 1 heterocycles. The van der Waals surface area contributed by atoms with Crippen molar-refractivity contribution < 1.29 is 17.9 Å². The molecular formula is C14H20FNO3S. The van der Waals surface area contributed by atoms with Crippen LogP contribution < -0.4 is 0 Å². The normalized spacial score (nSPS) is 17.1. The molecule has 4 nitrogen and oxygen atoms in total. The smallest absolute Gasteiger partial charge is 0.217 e. The third-order valence-electron chi connectivity index (χ3n) is 2.88. The van der Waals surface area contributed by atoms with E-state index < -0.39 is 10.0 Å². The van der Waals surface area contributed by atoms with E-state index in [1.165, 1.54) is 22.5 Å². The second-order valence-electron chi connectivity index (χ2n) is 4.49. The predicted molar refractivity (Wildman–Crippen MR) is 77.2 cm³/mol. The third kappa shape index (κ3) is 5.81. The fourth-order valence-electron chi connectivity index (χ4n) is 1.79. The molecule has 1 fully saturated rings. The van der Waals surface area contributed by atoms with E-state index >= 15 is 0 Å². The maximum absolute atomic E-state index is 11.9. The molecule has 0 amide bonds. The third-order valence-corrected chi connectivity index (χ3v) is 4.69. The van der Waals surface area contributed by atoms with Crippen molar-refractivity contribution in [1.29, 1.82) is 0 Å². The molecule has 1 aromatic rings. The summed E-state index contributed by atoms with van der Waals surface area (Å²) in [6, 6.07) is 7.94. The van der Waals surface area contributed by atoms with Crippen LogP contribution in [-0.2, 0) is 10.0 Å². The second kappa shape index (κ2) is 8.14. The molecule has 0 bridgehead atoms. The fraction of sp³-hybridized carbons (Fsp3) is 0.429. The van der Waals surface area contributed by atoms with E-state index in [1.54, 1.807) is 18.2 Å². The van der Waals surface area contributed by atoms with Crippen LogP contribution in [0.25, 0.3) is 0 Å². The molecule has 2 rings (SSSR count). The Hall–Kier alpha value is -1.24. The minimum Gasteiger partial charge on any atom is -0.393 e. The van der Waals surface area contributed by atoms with Crippen LogP contribution in [0.5, 0.6) is 0 Å². The Morgan fingerprint density at radius 2 is 1.85 bits per heavy atom. The number of hydrogen-bond acceptors (Lipinski definition) is 3. The van der Waals surface area contributed by atoms with Gasteiger partial charge >= 0.3 is 0 Å². The van der Waals surface area contributed by atoms with Crippen molar-refractivity contribution in [2.45, 2.75) is 18.9 Å². The quantitative estimate of drug-likeness (QED) is 0.866. The minimum atomic E-state index is -3.15. The number of nitrogens with zero attached hydrogens (tertiary/aromatic N) is 1. The molecule has 1 saturated heterocycles. The van der Waals surface area contributed by atoms with Crippen molar-refractivity contribution in [2.75, 3.05) is 18.8 Å². The van der Waals surface area contributed by atoms with Gasteiger partial charge < -0.3 is 5.11 Å². The van der Waals surface area contributed by atoms with Gasteiger partial charge in [0.2, 0.25) is 10.0 Å². The minimum absolute atomic E-state index is 0.0108. The van der Waals surface area contributed by atoms with Crippen LogP contribution in [-0.4, -0.2) is 42.8 Å². The first-order valence-corrected chi connectivity index (χ1v) is 8.04. The highest BCUT2D eigenvalue weighted by atomic mass is 32.2. The molecule has 0 aliphatic carbocycles. The predicted octanol–water partition coefficient (Wildman–Crippen LogP) is 1.78. The maximum Gasteiger partial charge on any atom is 0.217 e. The van der Waals surface area contributed by atoms with Crippen LogP contribution in [0.15, 0.2) is 43.0 Å². The summed E-state index contributed by atoms with van der Waals surface area (Å²) in [5.41, 5.74) is 0. The molecule has 0 aromatic heterocycles. The molecule has 0 unspecified atom stereocenters. The molecule has 1 aliphatic rings. The molecule has 20 heavy (non-hydrogen) atoms. The van der Waals surface area contributed by atoms with E-state index in [1.807, 2.05) is 0 Å². The topological polar surface area (TPSA) is 57.6 Å². The highest BCUT2D eigenvalue weighted by Crippen LogP contribution is 2.13. The lowest BCUT2D eigenvalue weighted by Gasteiger charge is -2.28. The van der Waals surface area contributed by atoms with Gasteiger partial charge in [0.1, 0.15) is 5.82 Å². The Labute approximate surface area is 119 Å². The van der Waals surface area contributed by atoms with Gasteiger partial charge in [-0.1, -0.05) is 24.3 Å². The largest absolute Gasteiger partial charge is 0.393 e. The Morgan fingerprint density at radius 1 is 1.30 bits per heavy atom. The summed E-state index contributed by atoms with van der Waals surface area (Å²) in [4.78, 5) is 0. The van der Waals surface area contributed by atoms with Crippen LogP contribution in [0.1, 0.15) is 12.8 Å². The summed E-state index contributed by atoms with van der Waals surface area (Å²) >= 11 is 0. The Kier molecular flexibility index (Phi) is 6.84. The number of halogens is 1. The maximum atomic E-state index is 11.9. The van der Waals surface area contributed by atoms with Crippen molar-refractivity contribution in [1.82, 2.24) is 4.31 Å². The highest BCUT2D eigenvalue weighted by molar-refractivity contribution is 7.89. The van der Waals surface area contributed by atoms with E-state index in [0.29, 0.717) is 25.9 Å². The van der Waals surface area contributed by atoms with E-state index in [-0.39, 0.29) is 17.7 Å². The summed E-state index contributed by atoms with van der Waals surface area (Å²) in [6.45, 7) is 4.26. The molecule has 0 spiro atoms. The van der Waals surface area contributed by atoms with Crippen molar-refractivity contribution in [3.05, 3.63) is 48.8 Å². The van der Waals surface area contributed by atoms with Gasteiger partial charge in [-0.3, -0.25) is 0 Å². The molecule has 0 atom stereocenters. The lowest BCUT2D eigenvalue weighted by molar-refractivity contribution is 0.113. The Balaban J connectivity index is 0.000000240. The van der Waals surface area contributed by atoms with Crippen LogP contribution in [0, 0.1) is 5.82 Å². The molecule has 0 radical (unpaired) electrons. The second-order valence-corrected chi connectivity index (χ2v) is 6.51. The van der Waals surface area contributed by atoms with Gasteiger partial charge in [0, 0.05) is 13.1 Å². The van der Waals surface area contributed by atoms with E-state index in [0.717, 1.165) is 0 Å². The van der Waals surface area contributed by atoms with Crippen molar-refractivity contribution >= 4 is 10.0 Å². The zero-order chi connectivity index (χ0) is 15.0. The molecule has 1 aliphatic heterocycles. The Morgan fingerprint density at radius 3 is 2.25 bits per heavy atom. The van der Waals surface area contributed by atoms with Crippen LogP contribution in [0.2, 0.25) is 0 Å². The molecule has 1 N–H and O–H groups in total. The van der Waals surface area contributed by atoms with E-state index in [2.05, 4.69) is 6.58 Å². The zero-order valence-electron chi connectivity index (χ0n) is 11.3. The molecule has 1 aromatic carbocycles. The van der Waals surface area contributed by atoms with Gasteiger partial charge in [-0.15, -0.1) is 6.58 Å². The first-order chi connectivity index (χ1) is 9.45.